The van der Waals surface area contributed by atoms with Crippen molar-refractivity contribution < 1.29 is 4.42 Å². The molecule has 1 heterocycles. The molecule has 2 heteroatoms. The number of fused-ring (bicyclic) bond motifs is 15. The van der Waals surface area contributed by atoms with Crippen LogP contribution in [0.1, 0.15) is 33.6 Å². The van der Waals surface area contributed by atoms with Crippen LogP contribution in [0.25, 0.3) is 55.5 Å². The highest BCUT2D eigenvalue weighted by atomic mass is 16.3. The lowest BCUT2D eigenvalue weighted by Gasteiger charge is -2.31. The summed E-state index contributed by atoms with van der Waals surface area (Å²) in [5.74, 6) is 1.01. The molecule has 1 atom stereocenters. The second-order valence-electron chi connectivity index (χ2n) is 14.8. The molecule has 1 unspecified atom stereocenters. The van der Waals surface area contributed by atoms with Crippen molar-refractivity contribution in [3.05, 3.63) is 222 Å². The Morgan fingerprint density at radius 2 is 1.00 bits per heavy atom. The second-order valence-corrected chi connectivity index (χ2v) is 14.8. The smallest absolute Gasteiger partial charge is 0.135 e. The van der Waals surface area contributed by atoms with Crippen molar-refractivity contribution in [2.75, 3.05) is 4.90 Å². The van der Waals surface area contributed by atoms with Crippen LogP contribution < -0.4 is 4.90 Å². The number of furan rings is 1. The lowest BCUT2D eigenvalue weighted by Crippen LogP contribution is -2.25. The molecule has 1 spiro atoms. The Balaban J connectivity index is 1.11. The first-order chi connectivity index (χ1) is 26.8. The molecule has 2 nitrogen and oxygen atoms in total. The zero-order chi connectivity index (χ0) is 35.4. The van der Waals surface area contributed by atoms with Crippen molar-refractivity contribution in [2.45, 2.75) is 11.8 Å². The summed E-state index contributed by atoms with van der Waals surface area (Å²) in [6, 6.07) is 69.0. The second kappa shape index (κ2) is 11.1. The highest BCUT2D eigenvalue weighted by Gasteiger charge is 2.55. The molecule has 1 aromatic heterocycles. The average molecular weight is 688 g/mol. The van der Waals surface area contributed by atoms with E-state index in [2.05, 4.69) is 193 Å². The van der Waals surface area contributed by atoms with E-state index in [-0.39, 0.29) is 0 Å². The van der Waals surface area contributed by atoms with Gasteiger partial charge in [0.05, 0.1) is 0 Å². The van der Waals surface area contributed by atoms with Gasteiger partial charge in [-0.25, -0.2) is 0 Å². The van der Waals surface area contributed by atoms with Gasteiger partial charge in [0, 0.05) is 28.0 Å². The van der Waals surface area contributed by atoms with Gasteiger partial charge in [0.25, 0.3) is 0 Å². The summed E-state index contributed by atoms with van der Waals surface area (Å²) in [4.78, 5) is 2.44. The molecule has 9 aromatic rings. The third-order valence-electron chi connectivity index (χ3n) is 12.1. The molecule has 0 saturated heterocycles. The molecule has 252 valence electrons. The molecule has 0 bridgehead atoms. The van der Waals surface area contributed by atoms with E-state index in [4.69, 9.17) is 4.42 Å². The molecule has 3 aliphatic rings. The van der Waals surface area contributed by atoms with Crippen LogP contribution in [0.15, 0.2) is 192 Å². The van der Waals surface area contributed by atoms with Gasteiger partial charge in [0.2, 0.25) is 0 Å². The third-order valence-corrected chi connectivity index (χ3v) is 12.1. The topological polar surface area (TPSA) is 16.4 Å². The average Bonchev–Trinajstić information content (AvgIpc) is 3.96. The minimum atomic E-state index is -0.591. The zero-order valence-electron chi connectivity index (χ0n) is 29.5. The Labute approximate surface area is 314 Å². The van der Waals surface area contributed by atoms with Gasteiger partial charge in [-0.05, 0) is 116 Å². The fourth-order valence-electron chi connectivity index (χ4n) is 9.80. The van der Waals surface area contributed by atoms with E-state index in [9.17, 15) is 0 Å². The number of anilines is 3. The molecule has 0 fully saturated rings. The van der Waals surface area contributed by atoms with Crippen molar-refractivity contribution in [3.63, 3.8) is 0 Å². The van der Waals surface area contributed by atoms with Crippen LogP contribution in [0.4, 0.5) is 17.1 Å². The Hall–Kier alpha value is -6.90. The summed E-state index contributed by atoms with van der Waals surface area (Å²) in [7, 11) is 0. The lowest BCUT2D eigenvalue weighted by molar-refractivity contribution is 0.507. The van der Waals surface area contributed by atoms with Crippen LogP contribution >= 0.6 is 0 Å². The van der Waals surface area contributed by atoms with Gasteiger partial charge < -0.3 is 9.32 Å². The van der Waals surface area contributed by atoms with Gasteiger partial charge in [-0.2, -0.15) is 0 Å². The first-order valence-electron chi connectivity index (χ1n) is 18.8. The molecular formula is C52H33NO. The number of rotatable bonds is 4. The molecule has 0 N–H and O–H groups in total. The van der Waals surface area contributed by atoms with Crippen molar-refractivity contribution >= 4 is 28.0 Å². The van der Waals surface area contributed by atoms with Crippen molar-refractivity contribution in [1.82, 2.24) is 0 Å². The molecule has 3 aliphatic carbocycles. The molecular weight excluding hydrogens is 655 g/mol. The third kappa shape index (κ3) is 3.95. The summed E-state index contributed by atoms with van der Waals surface area (Å²) < 4.78 is 7.04. The summed E-state index contributed by atoms with van der Waals surface area (Å²) >= 11 is 0. The largest absolute Gasteiger partial charge is 0.459 e. The number of hydrogen-bond donors (Lipinski definition) is 0. The normalized spacial score (nSPS) is 15.4. The summed E-state index contributed by atoms with van der Waals surface area (Å²) in [6.07, 6.45) is 0.969. The van der Waals surface area contributed by atoms with Crippen molar-refractivity contribution in [3.8, 4) is 44.5 Å². The molecule has 0 aliphatic heterocycles. The van der Waals surface area contributed by atoms with E-state index in [1.165, 1.54) is 72.3 Å². The predicted molar refractivity (Wildman–Crippen MR) is 221 cm³/mol. The molecule has 12 rings (SSSR count). The zero-order valence-corrected chi connectivity index (χ0v) is 29.5. The minimum Gasteiger partial charge on any atom is -0.459 e. The van der Waals surface area contributed by atoms with Crippen LogP contribution in [0.2, 0.25) is 0 Å². The number of para-hydroxylation sites is 1. The first kappa shape index (κ1) is 29.7. The first-order valence-corrected chi connectivity index (χ1v) is 18.8. The van der Waals surface area contributed by atoms with Gasteiger partial charge in [-0.3, -0.25) is 0 Å². The summed E-state index contributed by atoms with van der Waals surface area (Å²) in [5.41, 5.74) is 20.3. The summed E-state index contributed by atoms with van der Waals surface area (Å²) in [5, 5.41) is 1.16. The lowest BCUT2D eigenvalue weighted by atomic mass is 9.73. The summed E-state index contributed by atoms with van der Waals surface area (Å²) in [6.45, 7) is 0. The molecule has 0 radical (unpaired) electrons. The molecule has 8 aromatic carbocycles. The fourth-order valence-corrected chi connectivity index (χ4v) is 9.80. The predicted octanol–water partition coefficient (Wildman–Crippen LogP) is 13.5. The molecule has 54 heavy (non-hydrogen) atoms. The van der Waals surface area contributed by atoms with Crippen LogP contribution in [0, 0.1) is 0 Å². The van der Waals surface area contributed by atoms with Crippen LogP contribution in [-0.4, -0.2) is 0 Å². The van der Waals surface area contributed by atoms with E-state index >= 15 is 0 Å². The minimum absolute atomic E-state index is 0.591. The maximum atomic E-state index is 7.04. The fraction of sp³-hybridized carbons (Fsp3) is 0.0385. The van der Waals surface area contributed by atoms with Gasteiger partial charge in [0.15, 0.2) is 0 Å². The van der Waals surface area contributed by atoms with E-state index in [0.717, 1.165) is 40.2 Å². The highest BCUT2D eigenvalue weighted by Crippen LogP contribution is 2.65. The number of nitrogens with zero attached hydrogens (tertiary/aromatic N) is 1. The molecule has 0 saturated carbocycles. The monoisotopic (exact) mass is 687 g/mol. The quantitative estimate of drug-likeness (QED) is 0.183. The Kier molecular flexibility index (Phi) is 6.07. The van der Waals surface area contributed by atoms with Crippen molar-refractivity contribution in [2.24, 2.45) is 0 Å². The van der Waals surface area contributed by atoms with Crippen LogP contribution in [0.5, 0.6) is 0 Å². The SMILES string of the molecule is c1ccc(-c2ccc(N(c3ccc4c(c3)-c3ccccc3C4)c3ccc4c(c3)C3(c5ccccc5-4)c4ccccc4-c4c3oc3ccccc43)cc2)cc1. The van der Waals surface area contributed by atoms with Crippen LogP contribution in [0.3, 0.4) is 0 Å². The van der Waals surface area contributed by atoms with Crippen molar-refractivity contribution in [1.29, 1.82) is 0 Å². The van der Waals surface area contributed by atoms with Gasteiger partial charge in [0.1, 0.15) is 16.8 Å². The van der Waals surface area contributed by atoms with E-state index in [0.29, 0.717) is 0 Å². The van der Waals surface area contributed by atoms with E-state index in [1.54, 1.807) is 0 Å². The Morgan fingerprint density at radius 1 is 0.407 bits per heavy atom. The Bertz CT molecular complexity index is 2970. The molecule has 0 amide bonds. The maximum Gasteiger partial charge on any atom is 0.135 e. The number of hydrogen-bond acceptors (Lipinski definition) is 2. The van der Waals surface area contributed by atoms with Crippen LogP contribution in [-0.2, 0) is 11.8 Å². The van der Waals surface area contributed by atoms with Gasteiger partial charge in [-0.15, -0.1) is 0 Å². The number of benzene rings is 8. The van der Waals surface area contributed by atoms with E-state index < -0.39 is 5.41 Å². The van der Waals surface area contributed by atoms with Gasteiger partial charge in [-0.1, -0.05) is 146 Å². The maximum absolute atomic E-state index is 7.04. The Morgan fingerprint density at radius 3 is 1.85 bits per heavy atom. The highest BCUT2D eigenvalue weighted by molar-refractivity contribution is 6.05. The van der Waals surface area contributed by atoms with E-state index in [1.807, 2.05) is 0 Å². The van der Waals surface area contributed by atoms with Gasteiger partial charge >= 0.3 is 0 Å². The standard InChI is InChI=1S/C52H33NO/c1-2-12-33(13-3-1)34-22-25-37(26-23-34)53(38-27-24-36-30-35-14-4-5-15-40(35)45(36)31-38)39-28-29-42-41-16-6-9-19-46(41)52(48(42)32-39)47-20-10-7-17-43(47)50-44-18-8-11-21-49(44)54-51(50)52/h1-29,31-32H,30H2.